The number of carbonyl (C=O) groups is 2. The Kier molecular flexibility index (Phi) is 8.44. The van der Waals surface area contributed by atoms with E-state index >= 15 is 0 Å². The van der Waals surface area contributed by atoms with Gasteiger partial charge in [0.25, 0.3) is 11.8 Å². The van der Waals surface area contributed by atoms with Crippen molar-refractivity contribution in [1.82, 2.24) is 0 Å². The van der Waals surface area contributed by atoms with E-state index in [2.05, 4.69) is 0 Å². The monoisotopic (exact) mass is 376 g/mol. The fourth-order valence-corrected chi connectivity index (χ4v) is 2.01. The number of hydrogen-bond acceptors (Lipinski definition) is 6. The molecule has 0 aliphatic rings. The maximum absolute atomic E-state index is 11.1. The van der Waals surface area contributed by atoms with Crippen LogP contribution in [-0.2, 0) is 0 Å². The standard InChI is InChI=1S/C11H15NO3.C8H9NO3/c1-3-6-15-10-5-4-8(14-2)7-9(10)11(12)13;1-12-5-2-3-7(10)6(4-5)8(9)11/h4-5,7H,3,6H2,1-2H3,(H2,12,13);2-4,10H,1H3,(H2,9,11). The maximum Gasteiger partial charge on any atom is 0.252 e. The van der Waals surface area contributed by atoms with Gasteiger partial charge in [-0.2, -0.15) is 0 Å². The van der Waals surface area contributed by atoms with Gasteiger partial charge in [-0.3, -0.25) is 9.59 Å². The van der Waals surface area contributed by atoms with E-state index in [1.54, 1.807) is 24.3 Å². The first-order valence-corrected chi connectivity index (χ1v) is 8.11. The zero-order valence-electron chi connectivity index (χ0n) is 15.5. The topological polar surface area (TPSA) is 134 Å². The Bertz CT molecular complexity index is 792. The molecule has 0 radical (unpaired) electrons. The van der Waals surface area contributed by atoms with Crippen LogP contribution in [0.2, 0.25) is 0 Å². The van der Waals surface area contributed by atoms with Crippen molar-refractivity contribution in [3.63, 3.8) is 0 Å². The number of amides is 2. The summed E-state index contributed by atoms with van der Waals surface area (Å²) in [6.07, 6.45) is 0.879. The Morgan fingerprint density at radius 1 is 0.926 bits per heavy atom. The highest BCUT2D eigenvalue weighted by Crippen LogP contribution is 2.24. The quantitative estimate of drug-likeness (QED) is 0.677. The fourth-order valence-electron chi connectivity index (χ4n) is 2.01. The first kappa shape index (κ1) is 21.6. The van der Waals surface area contributed by atoms with Gasteiger partial charge in [-0.1, -0.05) is 6.92 Å². The van der Waals surface area contributed by atoms with Gasteiger partial charge in [0.1, 0.15) is 23.0 Å². The van der Waals surface area contributed by atoms with Crippen molar-refractivity contribution in [2.75, 3.05) is 20.8 Å². The van der Waals surface area contributed by atoms with Gasteiger partial charge in [0.05, 0.1) is 32.0 Å². The number of primary amides is 2. The van der Waals surface area contributed by atoms with E-state index in [4.69, 9.17) is 30.8 Å². The molecule has 2 aromatic carbocycles. The second-order valence-electron chi connectivity index (χ2n) is 5.32. The summed E-state index contributed by atoms with van der Waals surface area (Å²) in [5, 5.41) is 9.14. The average Bonchev–Trinajstić information content (AvgIpc) is 2.66. The molecular weight excluding hydrogens is 352 g/mol. The van der Waals surface area contributed by atoms with Gasteiger partial charge >= 0.3 is 0 Å². The minimum absolute atomic E-state index is 0.0642. The van der Waals surface area contributed by atoms with Crippen LogP contribution in [-0.4, -0.2) is 37.7 Å². The number of aromatic hydroxyl groups is 1. The van der Waals surface area contributed by atoms with Crippen molar-refractivity contribution in [3.05, 3.63) is 47.5 Å². The van der Waals surface area contributed by atoms with E-state index in [-0.39, 0.29) is 11.3 Å². The predicted molar refractivity (Wildman–Crippen MR) is 100 cm³/mol. The van der Waals surface area contributed by atoms with Crippen LogP contribution >= 0.6 is 0 Å². The molecule has 0 spiro atoms. The van der Waals surface area contributed by atoms with Gasteiger partial charge < -0.3 is 30.8 Å². The zero-order valence-corrected chi connectivity index (χ0v) is 15.5. The molecule has 0 saturated carbocycles. The number of nitrogens with two attached hydrogens (primary N) is 2. The molecule has 0 saturated heterocycles. The summed E-state index contributed by atoms with van der Waals surface area (Å²) in [5.74, 6) is 0.258. The summed E-state index contributed by atoms with van der Waals surface area (Å²) < 4.78 is 15.2. The number of methoxy groups -OCH3 is 2. The van der Waals surface area contributed by atoms with Gasteiger partial charge in [0.2, 0.25) is 0 Å². The Morgan fingerprint density at radius 2 is 1.44 bits per heavy atom. The molecule has 2 aromatic rings. The number of hydrogen-bond donors (Lipinski definition) is 3. The summed E-state index contributed by atoms with van der Waals surface area (Å²) in [5.41, 5.74) is 10.6. The molecular formula is C19H24N2O6. The third kappa shape index (κ3) is 6.43. The van der Waals surface area contributed by atoms with E-state index in [1.807, 2.05) is 6.92 Å². The number of carbonyl (C=O) groups excluding carboxylic acids is 2. The van der Waals surface area contributed by atoms with Gasteiger partial charge in [-0.05, 0) is 42.8 Å². The molecule has 0 aliphatic carbocycles. The third-order valence-corrected chi connectivity index (χ3v) is 3.38. The molecule has 146 valence electrons. The van der Waals surface area contributed by atoms with Crippen LogP contribution in [0.1, 0.15) is 34.1 Å². The molecule has 27 heavy (non-hydrogen) atoms. The van der Waals surface area contributed by atoms with Gasteiger partial charge in [-0.15, -0.1) is 0 Å². The molecule has 0 unspecified atom stereocenters. The number of phenols is 1. The summed E-state index contributed by atoms with van der Waals surface area (Å²) in [6, 6.07) is 9.29. The molecule has 0 bridgehead atoms. The van der Waals surface area contributed by atoms with Gasteiger partial charge in [0, 0.05) is 0 Å². The maximum atomic E-state index is 11.1. The lowest BCUT2D eigenvalue weighted by atomic mass is 10.2. The molecule has 0 aliphatic heterocycles. The highest BCUT2D eigenvalue weighted by molar-refractivity contribution is 5.96. The van der Waals surface area contributed by atoms with E-state index in [1.165, 1.54) is 26.4 Å². The molecule has 0 atom stereocenters. The number of rotatable bonds is 7. The highest BCUT2D eigenvalue weighted by atomic mass is 16.5. The zero-order chi connectivity index (χ0) is 20.4. The summed E-state index contributed by atoms with van der Waals surface area (Å²) in [4.78, 5) is 21.8. The first-order valence-electron chi connectivity index (χ1n) is 8.11. The van der Waals surface area contributed by atoms with Crippen molar-refractivity contribution >= 4 is 11.8 Å². The first-order chi connectivity index (χ1) is 12.8. The second-order valence-corrected chi connectivity index (χ2v) is 5.32. The minimum atomic E-state index is -0.675. The molecule has 0 fully saturated rings. The van der Waals surface area contributed by atoms with E-state index in [0.717, 1.165) is 6.42 Å². The molecule has 0 heterocycles. The summed E-state index contributed by atoms with van der Waals surface area (Å²) in [7, 11) is 3.00. The lowest BCUT2D eigenvalue weighted by Gasteiger charge is -2.09. The largest absolute Gasteiger partial charge is 0.507 e. The Hall–Kier alpha value is -3.42. The molecule has 5 N–H and O–H groups in total. The van der Waals surface area contributed by atoms with Crippen LogP contribution in [0, 0.1) is 0 Å². The summed E-state index contributed by atoms with van der Waals surface area (Å²) in [6.45, 7) is 2.56. The second kappa shape index (κ2) is 10.5. The van der Waals surface area contributed by atoms with Crippen molar-refractivity contribution < 1.29 is 28.9 Å². The van der Waals surface area contributed by atoms with Crippen LogP contribution in [0.5, 0.6) is 23.0 Å². The predicted octanol–water partition coefficient (Wildman–Crippen LogP) is 2.08. The van der Waals surface area contributed by atoms with Crippen LogP contribution in [0.3, 0.4) is 0 Å². The number of benzene rings is 2. The van der Waals surface area contributed by atoms with E-state index in [0.29, 0.717) is 29.4 Å². The SMILES string of the molecule is CCCOc1ccc(OC)cc1C(N)=O.COc1ccc(O)c(C(N)=O)c1. The van der Waals surface area contributed by atoms with Crippen molar-refractivity contribution in [2.24, 2.45) is 11.5 Å². The van der Waals surface area contributed by atoms with Crippen LogP contribution in [0.25, 0.3) is 0 Å². The molecule has 0 aromatic heterocycles. The summed E-state index contributed by atoms with van der Waals surface area (Å²) >= 11 is 0. The molecule has 2 rings (SSSR count). The van der Waals surface area contributed by atoms with Crippen molar-refractivity contribution in [1.29, 1.82) is 0 Å². The average molecular weight is 376 g/mol. The smallest absolute Gasteiger partial charge is 0.252 e. The van der Waals surface area contributed by atoms with Gasteiger partial charge in [-0.25, -0.2) is 0 Å². The normalized spacial score (nSPS) is 9.59. The third-order valence-electron chi connectivity index (χ3n) is 3.38. The Morgan fingerprint density at radius 3 is 1.93 bits per heavy atom. The van der Waals surface area contributed by atoms with Crippen molar-refractivity contribution in [2.45, 2.75) is 13.3 Å². The van der Waals surface area contributed by atoms with Crippen molar-refractivity contribution in [3.8, 4) is 23.0 Å². The Labute approximate surface area is 157 Å². The lowest BCUT2D eigenvalue weighted by molar-refractivity contribution is 0.0988. The van der Waals surface area contributed by atoms with Crippen LogP contribution in [0.4, 0.5) is 0 Å². The fraction of sp³-hybridized carbons (Fsp3) is 0.263. The van der Waals surface area contributed by atoms with E-state index < -0.39 is 11.8 Å². The number of ether oxygens (including phenoxy) is 3. The van der Waals surface area contributed by atoms with Crippen LogP contribution in [0.15, 0.2) is 36.4 Å². The lowest BCUT2D eigenvalue weighted by Crippen LogP contribution is -2.13. The molecule has 2 amide bonds. The van der Waals surface area contributed by atoms with E-state index in [9.17, 15) is 9.59 Å². The highest BCUT2D eigenvalue weighted by Gasteiger charge is 2.10. The minimum Gasteiger partial charge on any atom is -0.507 e. The van der Waals surface area contributed by atoms with Crippen LogP contribution < -0.4 is 25.7 Å². The van der Waals surface area contributed by atoms with Gasteiger partial charge in [0.15, 0.2) is 0 Å². The Balaban J connectivity index is 0.000000277. The molecule has 8 heteroatoms. The molecule has 8 nitrogen and oxygen atoms in total.